The molecule has 3 rings (SSSR count). The monoisotopic (exact) mass is 400 g/mol. The van der Waals surface area contributed by atoms with Gasteiger partial charge < -0.3 is 10.3 Å². The molecule has 0 spiro atoms. The van der Waals surface area contributed by atoms with E-state index in [4.69, 9.17) is 10.3 Å². The first-order chi connectivity index (χ1) is 9.15. The third-order valence-corrected chi connectivity index (χ3v) is 4.29. The van der Waals surface area contributed by atoms with Crippen LogP contribution >= 0.6 is 43.2 Å². The lowest BCUT2D eigenvalue weighted by molar-refractivity contribution is 0.433. The van der Waals surface area contributed by atoms with Crippen molar-refractivity contribution >= 4 is 48.9 Å². The second kappa shape index (κ2) is 5.03. The van der Waals surface area contributed by atoms with Crippen molar-refractivity contribution in [2.24, 2.45) is 0 Å². The van der Waals surface area contributed by atoms with Crippen LogP contribution in [-0.2, 0) is 0 Å². The zero-order valence-electron chi connectivity index (χ0n) is 9.30. The average molecular weight is 402 g/mol. The predicted molar refractivity (Wildman–Crippen MR) is 80.7 cm³/mol. The van der Waals surface area contributed by atoms with Gasteiger partial charge in [-0.2, -0.15) is 4.98 Å². The van der Waals surface area contributed by atoms with Crippen LogP contribution in [0.5, 0.6) is 0 Å². The Balaban J connectivity index is 2.04. The lowest BCUT2D eigenvalue weighted by atomic mass is 10.3. The van der Waals surface area contributed by atoms with Gasteiger partial charge >= 0.3 is 0 Å². The fourth-order valence-electron chi connectivity index (χ4n) is 1.48. The van der Waals surface area contributed by atoms with E-state index in [1.54, 1.807) is 12.3 Å². The van der Waals surface area contributed by atoms with Gasteiger partial charge in [0.1, 0.15) is 10.6 Å². The zero-order chi connectivity index (χ0) is 13.4. The van der Waals surface area contributed by atoms with Crippen molar-refractivity contribution in [3.63, 3.8) is 0 Å². The molecular weight excluding hydrogens is 396 g/mol. The third kappa shape index (κ3) is 2.43. The Labute approximate surface area is 129 Å². The summed E-state index contributed by atoms with van der Waals surface area (Å²) in [5, 5.41) is 5.81. The lowest BCUT2D eigenvalue weighted by Crippen LogP contribution is -1.88. The number of anilines is 1. The third-order valence-electron chi connectivity index (χ3n) is 2.34. The Morgan fingerprint density at radius 1 is 1.32 bits per heavy atom. The first-order valence-corrected chi connectivity index (χ1v) is 7.60. The molecule has 2 N–H and O–H groups in total. The Kier molecular flexibility index (Phi) is 3.38. The van der Waals surface area contributed by atoms with Crippen LogP contribution < -0.4 is 5.73 Å². The molecule has 0 amide bonds. The fraction of sp³-hybridized carbons (Fsp3) is 0. The molecule has 0 aliphatic heterocycles. The van der Waals surface area contributed by atoms with Crippen molar-refractivity contribution in [1.29, 1.82) is 0 Å². The molecule has 0 atom stereocenters. The fourth-order valence-corrected chi connectivity index (χ4v) is 3.39. The smallest absolute Gasteiger partial charge is 0.270 e. The minimum atomic E-state index is 0.402. The summed E-state index contributed by atoms with van der Waals surface area (Å²) in [5.74, 6) is 0.821. The van der Waals surface area contributed by atoms with Gasteiger partial charge in [-0.05, 0) is 49.4 Å². The van der Waals surface area contributed by atoms with Gasteiger partial charge in [0.05, 0.1) is 5.69 Å². The van der Waals surface area contributed by atoms with Crippen molar-refractivity contribution in [3.05, 3.63) is 32.7 Å². The lowest BCUT2D eigenvalue weighted by Gasteiger charge is -1.97. The topological polar surface area (TPSA) is 77.8 Å². The molecule has 0 aliphatic rings. The largest absolute Gasteiger partial charge is 0.397 e. The highest BCUT2D eigenvalue weighted by Crippen LogP contribution is 2.32. The number of nitrogens with two attached hydrogens (primary N) is 1. The first kappa shape index (κ1) is 12.8. The molecule has 3 heterocycles. The summed E-state index contributed by atoms with van der Waals surface area (Å²) in [5.41, 5.74) is 7.07. The molecule has 3 aromatic heterocycles. The van der Waals surface area contributed by atoms with Crippen LogP contribution in [-0.4, -0.2) is 15.1 Å². The number of rotatable bonds is 2. The zero-order valence-corrected chi connectivity index (χ0v) is 13.3. The van der Waals surface area contributed by atoms with E-state index in [2.05, 4.69) is 47.0 Å². The number of thiophene rings is 1. The minimum Gasteiger partial charge on any atom is -0.397 e. The molecule has 0 aliphatic carbocycles. The molecule has 0 fully saturated rings. The van der Waals surface area contributed by atoms with Gasteiger partial charge in [-0.15, -0.1) is 11.3 Å². The van der Waals surface area contributed by atoms with Gasteiger partial charge in [0.2, 0.25) is 5.82 Å². The Bertz CT molecular complexity index is 740. The number of nitrogens with zero attached hydrogens (tertiary/aromatic N) is 3. The SMILES string of the molecule is Nc1ccsc1-c1nc(-c2ncc(Br)cc2Br)no1. The van der Waals surface area contributed by atoms with E-state index in [-0.39, 0.29) is 0 Å². The highest BCUT2D eigenvalue weighted by molar-refractivity contribution is 9.11. The number of aromatic nitrogens is 3. The van der Waals surface area contributed by atoms with E-state index in [0.717, 1.165) is 13.8 Å². The Morgan fingerprint density at radius 3 is 2.84 bits per heavy atom. The average Bonchev–Trinajstić information content (AvgIpc) is 2.97. The number of hydrogen-bond acceptors (Lipinski definition) is 6. The van der Waals surface area contributed by atoms with Gasteiger partial charge in [-0.1, -0.05) is 5.16 Å². The van der Waals surface area contributed by atoms with E-state index in [1.807, 2.05) is 11.4 Å². The maximum absolute atomic E-state index is 5.82. The van der Waals surface area contributed by atoms with E-state index < -0.39 is 0 Å². The van der Waals surface area contributed by atoms with Crippen LogP contribution in [0.4, 0.5) is 5.69 Å². The summed E-state index contributed by atoms with van der Waals surface area (Å²) in [4.78, 5) is 9.35. The van der Waals surface area contributed by atoms with E-state index in [0.29, 0.717) is 23.1 Å². The van der Waals surface area contributed by atoms with Gasteiger partial charge in [-0.3, -0.25) is 4.98 Å². The second-order valence-electron chi connectivity index (χ2n) is 3.61. The molecule has 5 nitrogen and oxygen atoms in total. The standard InChI is InChI=1S/C11H6Br2N4OS/c12-5-3-6(13)8(15-4-5)10-16-11(18-17-10)9-7(14)1-2-19-9/h1-4H,14H2. The summed E-state index contributed by atoms with van der Waals surface area (Å²) in [6, 6.07) is 3.68. The molecule has 0 unspecified atom stereocenters. The molecule has 0 aromatic carbocycles. The van der Waals surface area contributed by atoms with Crippen LogP contribution in [0.25, 0.3) is 22.3 Å². The van der Waals surface area contributed by atoms with Crippen LogP contribution in [0.1, 0.15) is 0 Å². The summed E-state index contributed by atoms with van der Waals surface area (Å²) in [7, 11) is 0. The molecule has 0 bridgehead atoms. The van der Waals surface area contributed by atoms with Gasteiger partial charge in [0, 0.05) is 15.1 Å². The van der Waals surface area contributed by atoms with Crippen LogP contribution in [0, 0.1) is 0 Å². The number of nitrogen functional groups attached to an aromatic ring is 1. The van der Waals surface area contributed by atoms with E-state index in [1.165, 1.54) is 11.3 Å². The highest BCUT2D eigenvalue weighted by atomic mass is 79.9. The van der Waals surface area contributed by atoms with Crippen LogP contribution in [0.15, 0.2) is 37.2 Å². The number of halogens is 2. The van der Waals surface area contributed by atoms with Crippen molar-refractivity contribution in [1.82, 2.24) is 15.1 Å². The molecule has 96 valence electrons. The highest BCUT2D eigenvalue weighted by Gasteiger charge is 2.16. The van der Waals surface area contributed by atoms with Gasteiger partial charge in [0.15, 0.2) is 0 Å². The summed E-state index contributed by atoms with van der Waals surface area (Å²) in [6.07, 6.45) is 1.68. The van der Waals surface area contributed by atoms with E-state index >= 15 is 0 Å². The Morgan fingerprint density at radius 2 is 2.16 bits per heavy atom. The molecule has 8 heteroatoms. The maximum Gasteiger partial charge on any atom is 0.270 e. The summed E-state index contributed by atoms with van der Waals surface area (Å²) < 4.78 is 6.88. The van der Waals surface area contributed by atoms with Crippen molar-refractivity contribution in [2.45, 2.75) is 0 Å². The molecule has 0 saturated heterocycles. The quantitative estimate of drug-likeness (QED) is 0.702. The number of hydrogen-bond donors (Lipinski definition) is 1. The predicted octanol–water partition coefficient (Wildman–Crippen LogP) is 3.97. The second-order valence-corrected chi connectivity index (χ2v) is 6.30. The van der Waals surface area contributed by atoms with Crippen LogP contribution in [0.3, 0.4) is 0 Å². The molecule has 0 radical (unpaired) electrons. The first-order valence-electron chi connectivity index (χ1n) is 5.13. The normalized spacial score (nSPS) is 10.8. The van der Waals surface area contributed by atoms with Crippen molar-refractivity contribution in [2.75, 3.05) is 5.73 Å². The maximum atomic E-state index is 5.82. The van der Waals surface area contributed by atoms with Crippen LogP contribution in [0.2, 0.25) is 0 Å². The number of pyridine rings is 1. The van der Waals surface area contributed by atoms with Crippen molar-refractivity contribution < 1.29 is 4.52 Å². The van der Waals surface area contributed by atoms with Gasteiger partial charge in [0.25, 0.3) is 5.89 Å². The molecule has 19 heavy (non-hydrogen) atoms. The molecular formula is C11H6Br2N4OS. The van der Waals surface area contributed by atoms with Gasteiger partial charge in [-0.25, -0.2) is 0 Å². The molecule has 0 saturated carbocycles. The van der Waals surface area contributed by atoms with E-state index in [9.17, 15) is 0 Å². The summed E-state index contributed by atoms with van der Waals surface area (Å²) >= 11 is 8.22. The van der Waals surface area contributed by atoms with Crippen molar-refractivity contribution in [3.8, 4) is 22.3 Å². The molecule has 3 aromatic rings. The Hall–Kier alpha value is -1.25. The minimum absolute atomic E-state index is 0.402. The summed E-state index contributed by atoms with van der Waals surface area (Å²) in [6.45, 7) is 0.